The molecule has 1 N–H and O–H groups in total. The van der Waals surface area contributed by atoms with Crippen LogP contribution in [-0.2, 0) is 11.3 Å². The third kappa shape index (κ3) is 2.56. The Morgan fingerprint density at radius 3 is 3.21 bits per heavy atom. The summed E-state index contributed by atoms with van der Waals surface area (Å²) < 4.78 is 5.50. The van der Waals surface area contributed by atoms with Crippen molar-refractivity contribution >= 4 is 11.3 Å². The highest BCUT2D eigenvalue weighted by atomic mass is 32.1. The maximum absolute atomic E-state index is 5.50. The monoisotopic (exact) mass is 211 g/mol. The van der Waals surface area contributed by atoms with Gasteiger partial charge >= 0.3 is 0 Å². The fraction of sp³-hybridized carbons (Fsp3) is 0.636. The second-order valence-electron chi connectivity index (χ2n) is 4.15. The largest absolute Gasteiger partial charge is 0.380 e. The molecule has 1 aromatic heterocycles. The average molecular weight is 211 g/mol. The van der Waals surface area contributed by atoms with Crippen LogP contribution in [0.3, 0.4) is 0 Å². The van der Waals surface area contributed by atoms with Crippen molar-refractivity contribution in [3.05, 3.63) is 22.4 Å². The summed E-state index contributed by atoms with van der Waals surface area (Å²) in [6.07, 6.45) is 2.40. The number of hydrogen-bond donors (Lipinski definition) is 1. The zero-order valence-electron chi connectivity index (χ0n) is 8.58. The van der Waals surface area contributed by atoms with Gasteiger partial charge in [-0.15, -0.1) is 11.3 Å². The lowest BCUT2D eigenvalue weighted by Crippen LogP contribution is -2.48. The summed E-state index contributed by atoms with van der Waals surface area (Å²) >= 11 is 1.81. The van der Waals surface area contributed by atoms with E-state index in [4.69, 9.17) is 4.74 Å². The Labute approximate surface area is 89.3 Å². The summed E-state index contributed by atoms with van der Waals surface area (Å²) in [5.41, 5.74) is 0.183. The third-order valence-corrected chi connectivity index (χ3v) is 3.58. The maximum atomic E-state index is 5.50. The molecule has 0 aliphatic carbocycles. The van der Waals surface area contributed by atoms with E-state index in [2.05, 4.69) is 29.8 Å². The summed E-state index contributed by atoms with van der Waals surface area (Å²) in [5.74, 6) is 0. The molecule has 0 spiro atoms. The van der Waals surface area contributed by atoms with Crippen LogP contribution in [0.2, 0.25) is 0 Å². The Balaban J connectivity index is 1.84. The quantitative estimate of drug-likeness (QED) is 0.829. The first kappa shape index (κ1) is 10.1. The van der Waals surface area contributed by atoms with Crippen molar-refractivity contribution in [3.63, 3.8) is 0 Å². The lowest BCUT2D eigenvalue weighted by molar-refractivity contribution is 0.0279. The van der Waals surface area contributed by atoms with Gasteiger partial charge in [0.1, 0.15) is 0 Å². The van der Waals surface area contributed by atoms with Crippen molar-refractivity contribution in [1.29, 1.82) is 0 Å². The fourth-order valence-electron chi connectivity index (χ4n) is 1.79. The van der Waals surface area contributed by atoms with Gasteiger partial charge in [0.15, 0.2) is 0 Å². The summed E-state index contributed by atoms with van der Waals surface area (Å²) in [4.78, 5) is 1.40. The first-order valence-corrected chi connectivity index (χ1v) is 6.02. The highest BCUT2D eigenvalue weighted by Crippen LogP contribution is 2.19. The molecule has 1 fully saturated rings. The van der Waals surface area contributed by atoms with Crippen LogP contribution in [0.15, 0.2) is 17.5 Å². The maximum Gasteiger partial charge on any atom is 0.0645 e. The van der Waals surface area contributed by atoms with Crippen molar-refractivity contribution in [2.45, 2.75) is 31.8 Å². The smallest absolute Gasteiger partial charge is 0.0645 e. The molecule has 14 heavy (non-hydrogen) atoms. The van der Waals surface area contributed by atoms with Gasteiger partial charge in [-0.05, 0) is 31.2 Å². The molecule has 2 heterocycles. The Kier molecular flexibility index (Phi) is 3.21. The molecule has 1 aliphatic rings. The molecule has 0 amide bonds. The van der Waals surface area contributed by atoms with Crippen molar-refractivity contribution < 1.29 is 4.74 Å². The lowest BCUT2D eigenvalue weighted by atomic mass is 9.95. The van der Waals surface area contributed by atoms with Gasteiger partial charge in [-0.3, -0.25) is 0 Å². The molecule has 0 saturated carbocycles. The first-order valence-electron chi connectivity index (χ1n) is 5.14. The molecule has 1 saturated heterocycles. The molecule has 0 radical (unpaired) electrons. The topological polar surface area (TPSA) is 21.3 Å². The zero-order valence-corrected chi connectivity index (χ0v) is 9.40. The van der Waals surface area contributed by atoms with Crippen molar-refractivity contribution in [2.24, 2.45) is 0 Å². The predicted octanol–water partition coefficient (Wildman–Crippen LogP) is 2.41. The lowest BCUT2D eigenvalue weighted by Gasteiger charge is -2.34. The Hall–Kier alpha value is -0.380. The molecule has 3 heteroatoms. The number of ether oxygens (including phenoxy) is 1. The van der Waals surface area contributed by atoms with Crippen LogP contribution in [0, 0.1) is 0 Å². The molecule has 1 aromatic rings. The van der Waals surface area contributed by atoms with Crippen LogP contribution in [0.4, 0.5) is 0 Å². The van der Waals surface area contributed by atoms with E-state index in [-0.39, 0.29) is 5.54 Å². The average Bonchev–Trinajstić information content (AvgIpc) is 2.69. The van der Waals surface area contributed by atoms with Gasteiger partial charge in [0, 0.05) is 23.6 Å². The minimum absolute atomic E-state index is 0.183. The second-order valence-corrected chi connectivity index (χ2v) is 5.18. The highest BCUT2D eigenvalue weighted by Gasteiger charge is 2.26. The predicted molar refractivity (Wildman–Crippen MR) is 59.6 cm³/mol. The highest BCUT2D eigenvalue weighted by molar-refractivity contribution is 7.09. The van der Waals surface area contributed by atoms with Crippen LogP contribution in [0.5, 0.6) is 0 Å². The number of rotatable bonds is 3. The Morgan fingerprint density at radius 2 is 2.57 bits per heavy atom. The van der Waals surface area contributed by atoms with Crippen LogP contribution in [0.1, 0.15) is 24.6 Å². The van der Waals surface area contributed by atoms with Crippen LogP contribution >= 0.6 is 11.3 Å². The zero-order chi connectivity index (χ0) is 9.86. The van der Waals surface area contributed by atoms with E-state index in [1.807, 2.05) is 0 Å². The standard InChI is InChI=1S/C11H17NOS/c1-11(5-3-6-13-9-11)12-8-10-4-2-7-14-10/h2,4,7,12H,3,5-6,8-9H2,1H3. The summed E-state index contributed by atoms with van der Waals surface area (Å²) in [5, 5.41) is 5.71. The van der Waals surface area contributed by atoms with Gasteiger partial charge < -0.3 is 10.1 Å². The molecule has 2 rings (SSSR count). The molecule has 1 unspecified atom stereocenters. The molecule has 0 bridgehead atoms. The number of thiophene rings is 1. The van der Waals surface area contributed by atoms with Crippen LogP contribution < -0.4 is 5.32 Å². The van der Waals surface area contributed by atoms with Crippen LogP contribution in [0.25, 0.3) is 0 Å². The minimum Gasteiger partial charge on any atom is -0.380 e. The Bertz CT molecular complexity index is 265. The third-order valence-electron chi connectivity index (χ3n) is 2.71. The SMILES string of the molecule is CC1(NCc2cccs2)CCCOC1. The fourth-order valence-corrected chi connectivity index (χ4v) is 2.43. The van der Waals surface area contributed by atoms with Gasteiger partial charge in [0.05, 0.1) is 6.61 Å². The van der Waals surface area contributed by atoms with E-state index in [9.17, 15) is 0 Å². The molecule has 2 nitrogen and oxygen atoms in total. The summed E-state index contributed by atoms with van der Waals surface area (Å²) in [7, 11) is 0. The Morgan fingerprint density at radius 1 is 1.64 bits per heavy atom. The van der Waals surface area contributed by atoms with E-state index >= 15 is 0 Å². The van der Waals surface area contributed by atoms with Crippen LogP contribution in [-0.4, -0.2) is 18.8 Å². The summed E-state index contributed by atoms with van der Waals surface area (Å²) in [6, 6.07) is 4.27. The number of nitrogens with one attached hydrogen (secondary N) is 1. The van der Waals surface area contributed by atoms with E-state index in [1.54, 1.807) is 11.3 Å². The van der Waals surface area contributed by atoms with Gasteiger partial charge in [-0.25, -0.2) is 0 Å². The van der Waals surface area contributed by atoms with Crippen molar-refractivity contribution in [3.8, 4) is 0 Å². The molecular weight excluding hydrogens is 194 g/mol. The molecule has 1 atom stereocenters. The molecule has 0 aromatic carbocycles. The summed E-state index contributed by atoms with van der Waals surface area (Å²) in [6.45, 7) is 4.99. The van der Waals surface area contributed by atoms with Gasteiger partial charge in [-0.2, -0.15) is 0 Å². The van der Waals surface area contributed by atoms with Crippen molar-refractivity contribution in [1.82, 2.24) is 5.32 Å². The van der Waals surface area contributed by atoms with E-state index in [0.717, 1.165) is 19.8 Å². The van der Waals surface area contributed by atoms with Crippen molar-refractivity contribution in [2.75, 3.05) is 13.2 Å². The normalized spacial score (nSPS) is 27.8. The molecular formula is C11H17NOS. The van der Waals surface area contributed by atoms with Gasteiger partial charge in [-0.1, -0.05) is 6.07 Å². The second kappa shape index (κ2) is 4.43. The van der Waals surface area contributed by atoms with Gasteiger partial charge in [0.2, 0.25) is 0 Å². The first-order chi connectivity index (χ1) is 6.79. The molecule has 78 valence electrons. The minimum atomic E-state index is 0.183. The molecule has 1 aliphatic heterocycles. The van der Waals surface area contributed by atoms with E-state index in [1.165, 1.54) is 17.7 Å². The van der Waals surface area contributed by atoms with Gasteiger partial charge in [0.25, 0.3) is 0 Å². The van der Waals surface area contributed by atoms with E-state index in [0.29, 0.717) is 0 Å². The van der Waals surface area contributed by atoms with E-state index < -0.39 is 0 Å². The number of hydrogen-bond acceptors (Lipinski definition) is 3.